The third-order valence-corrected chi connectivity index (χ3v) is 6.45. The first-order valence-electron chi connectivity index (χ1n) is 9.80. The van der Waals surface area contributed by atoms with Crippen LogP contribution in [0.3, 0.4) is 0 Å². The Hall–Kier alpha value is -2.93. The van der Waals surface area contributed by atoms with Crippen molar-refractivity contribution in [3.63, 3.8) is 0 Å². The van der Waals surface area contributed by atoms with Crippen LogP contribution in [0.15, 0.2) is 36.4 Å². The molecule has 29 heavy (non-hydrogen) atoms. The van der Waals surface area contributed by atoms with Crippen LogP contribution >= 0.6 is 11.3 Å². The molecule has 7 heteroatoms. The van der Waals surface area contributed by atoms with Crippen LogP contribution < -0.4 is 15.4 Å². The number of nitrogens with zero attached hydrogens (tertiary/aromatic N) is 1. The van der Waals surface area contributed by atoms with E-state index in [1.807, 2.05) is 18.2 Å². The zero-order valence-electron chi connectivity index (χ0n) is 16.0. The lowest BCUT2D eigenvalue weighted by molar-refractivity contribution is -0.126. The van der Waals surface area contributed by atoms with E-state index >= 15 is 0 Å². The number of para-hydroxylation sites is 1. The number of hydrogen-bond donors (Lipinski definition) is 2. The molecule has 2 aromatic carbocycles. The minimum atomic E-state index is -0.424. The van der Waals surface area contributed by atoms with Crippen LogP contribution in [0.4, 0.5) is 0 Å². The number of fused-ring (bicyclic) bond motifs is 2. The average molecular weight is 407 g/mol. The maximum Gasteiger partial charge on any atom is 0.242 e. The Morgan fingerprint density at radius 3 is 3.00 bits per heavy atom. The van der Waals surface area contributed by atoms with Crippen LogP contribution in [0.25, 0.3) is 20.8 Å². The first-order valence-corrected chi connectivity index (χ1v) is 10.6. The number of carbonyl (C=O) groups is 2. The molecule has 0 bridgehead atoms. The predicted octanol–water partition coefficient (Wildman–Crippen LogP) is 2.97. The lowest BCUT2D eigenvalue weighted by Gasteiger charge is -2.15. The van der Waals surface area contributed by atoms with Crippen molar-refractivity contribution in [3.8, 4) is 16.3 Å². The van der Waals surface area contributed by atoms with Crippen molar-refractivity contribution < 1.29 is 14.3 Å². The van der Waals surface area contributed by atoms with E-state index < -0.39 is 6.04 Å². The van der Waals surface area contributed by atoms with E-state index in [2.05, 4.69) is 35.8 Å². The second-order valence-electron chi connectivity index (χ2n) is 7.64. The Morgan fingerprint density at radius 2 is 2.21 bits per heavy atom. The second kappa shape index (κ2) is 7.15. The largest absolute Gasteiger partial charge is 0.487 e. The highest BCUT2D eigenvalue weighted by Gasteiger charge is 2.30. The van der Waals surface area contributed by atoms with Crippen LogP contribution in [0.2, 0.25) is 0 Å². The number of rotatable bonds is 4. The molecule has 0 radical (unpaired) electrons. The average Bonchev–Trinajstić information content (AvgIpc) is 3.42. The van der Waals surface area contributed by atoms with Crippen molar-refractivity contribution in [2.75, 3.05) is 6.54 Å². The van der Waals surface area contributed by atoms with Gasteiger partial charge in [-0.3, -0.25) is 9.59 Å². The van der Waals surface area contributed by atoms with Gasteiger partial charge in [-0.15, -0.1) is 11.3 Å². The van der Waals surface area contributed by atoms with E-state index in [0.29, 0.717) is 19.4 Å². The Balaban J connectivity index is 1.34. The molecule has 0 saturated carbocycles. The van der Waals surface area contributed by atoms with Gasteiger partial charge in [0.15, 0.2) is 0 Å². The molecule has 2 aliphatic heterocycles. The van der Waals surface area contributed by atoms with Crippen molar-refractivity contribution in [3.05, 3.63) is 47.5 Å². The number of hydrogen-bond acceptors (Lipinski definition) is 5. The molecule has 0 spiro atoms. The summed E-state index contributed by atoms with van der Waals surface area (Å²) in [6, 6.07) is 11.9. The molecule has 148 valence electrons. The molecular formula is C22H21N3O3S. The van der Waals surface area contributed by atoms with Gasteiger partial charge in [-0.05, 0) is 42.7 Å². The molecule has 1 fully saturated rings. The molecule has 5 rings (SSSR count). The summed E-state index contributed by atoms with van der Waals surface area (Å²) in [5.41, 5.74) is 4.31. The molecule has 0 unspecified atom stereocenters. The van der Waals surface area contributed by atoms with Gasteiger partial charge in [0.25, 0.3) is 0 Å². The summed E-state index contributed by atoms with van der Waals surface area (Å²) in [6.07, 6.45) is 1.58. The van der Waals surface area contributed by atoms with Crippen molar-refractivity contribution >= 4 is 33.4 Å². The Kier molecular flexibility index (Phi) is 4.47. The molecule has 3 heterocycles. The van der Waals surface area contributed by atoms with Gasteiger partial charge < -0.3 is 15.4 Å². The minimum absolute atomic E-state index is 0.0642. The van der Waals surface area contributed by atoms with Crippen molar-refractivity contribution in [1.82, 2.24) is 15.6 Å². The Labute approximate surface area is 172 Å². The Morgan fingerprint density at radius 1 is 1.34 bits per heavy atom. The number of aromatic nitrogens is 1. The van der Waals surface area contributed by atoms with Crippen LogP contribution in [-0.4, -0.2) is 35.5 Å². The monoisotopic (exact) mass is 407 g/mol. The number of benzene rings is 2. The maximum absolute atomic E-state index is 12.3. The maximum atomic E-state index is 12.3. The van der Waals surface area contributed by atoms with Crippen LogP contribution in [0.1, 0.15) is 24.0 Å². The van der Waals surface area contributed by atoms with Crippen LogP contribution in [-0.2, 0) is 16.0 Å². The summed E-state index contributed by atoms with van der Waals surface area (Å²) in [6.45, 7) is 2.49. The van der Waals surface area contributed by atoms with Crippen LogP contribution in [0.5, 0.6) is 5.75 Å². The van der Waals surface area contributed by atoms with E-state index in [9.17, 15) is 9.59 Å². The van der Waals surface area contributed by atoms with Gasteiger partial charge in [-0.1, -0.05) is 18.2 Å². The fraction of sp³-hybridized carbons (Fsp3) is 0.318. The first-order chi connectivity index (χ1) is 14.1. The molecule has 1 saturated heterocycles. The van der Waals surface area contributed by atoms with Crippen molar-refractivity contribution in [1.29, 1.82) is 0 Å². The summed E-state index contributed by atoms with van der Waals surface area (Å²) in [7, 11) is 0. The van der Waals surface area contributed by atoms with Gasteiger partial charge in [-0.2, -0.15) is 0 Å². The van der Waals surface area contributed by atoms with E-state index in [1.165, 1.54) is 5.56 Å². The van der Waals surface area contributed by atoms with Crippen molar-refractivity contribution in [2.45, 2.75) is 38.3 Å². The quantitative estimate of drug-likeness (QED) is 0.697. The summed E-state index contributed by atoms with van der Waals surface area (Å²) in [5.74, 6) is 0.659. The summed E-state index contributed by atoms with van der Waals surface area (Å²) < 4.78 is 7.39. The SMILES string of the molecule is Cc1cc2c(c(-c3nc4ccccc4s3)c1)O[C@H](CNC(=O)[C@@H]1CCC(=O)N1)C2. The van der Waals surface area contributed by atoms with Gasteiger partial charge in [0, 0.05) is 12.8 Å². The van der Waals surface area contributed by atoms with E-state index in [0.717, 1.165) is 38.5 Å². The number of nitrogens with one attached hydrogen (secondary N) is 2. The standard InChI is InChI=1S/C22H21N3O3S/c1-12-8-13-10-14(11-23-21(27)17-6-7-19(26)24-17)28-20(13)15(9-12)22-25-16-4-2-3-5-18(16)29-22/h2-5,8-9,14,17H,6-7,10-11H2,1H3,(H,23,27)(H,24,26)/t14-,17-/m0/s1. The fourth-order valence-corrected chi connectivity index (χ4v) is 4.98. The molecule has 2 aliphatic rings. The molecule has 1 aromatic heterocycles. The minimum Gasteiger partial charge on any atom is -0.487 e. The number of thiazole rings is 1. The molecule has 2 atom stereocenters. The van der Waals surface area contributed by atoms with Crippen LogP contribution in [0, 0.1) is 6.92 Å². The van der Waals surface area contributed by atoms with E-state index in [1.54, 1.807) is 11.3 Å². The predicted molar refractivity (Wildman–Crippen MR) is 112 cm³/mol. The zero-order valence-corrected chi connectivity index (χ0v) is 16.8. The number of aryl methyl sites for hydroxylation is 1. The van der Waals surface area contributed by atoms with Gasteiger partial charge in [-0.25, -0.2) is 4.98 Å². The van der Waals surface area contributed by atoms with Gasteiger partial charge in [0.2, 0.25) is 11.8 Å². The summed E-state index contributed by atoms with van der Waals surface area (Å²) in [5, 5.41) is 6.57. The summed E-state index contributed by atoms with van der Waals surface area (Å²) in [4.78, 5) is 28.4. The lowest BCUT2D eigenvalue weighted by atomic mass is 10.0. The molecular weight excluding hydrogens is 386 g/mol. The normalized spacial score (nSPS) is 20.4. The zero-order chi connectivity index (χ0) is 20.0. The third kappa shape index (κ3) is 3.46. The number of amides is 2. The van der Waals surface area contributed by atoms with Gasteiger partial charge in [0.05, 0.1) is 22.3 Å². The van der Waals surface area contributed by atoms with E-state index in [-0.39, 0.29) is 17.9 Å². The molecule has 3 aromatic rings. The highest BCUT2D eigenvalue weighted by atomic mass is 32.1. The highest BCUT2D eigenvalue weighted by Crippen LogP contribution is 2.42. The fourth-order valence-electron chi connectivity index (χ4n) is 4.00. The van der Waals surface area contributed by atoms with Gasteiger partial charge in [0.1, 0.15) is 22.9 Å². The molecule has 2 amide bonds. The Bertz CT molecular complexity index is 1090. The third-order valence-electron chi connectivity index (χ3n) is 5.38. The lowest BCUT2D eigenvalue weighted by Crippen LogP contribution is -2.44. The molecule has 2 N–H and O–H groups in total. The summed E-state index contributed by atoms with van der Waals surface area (Å²) >= 11 is 1.66. The highest BCUT2D eigenvalue weighted by molar-refractivity contribution is 7.21. The molecule has 0 aliphatic carbocycles. The van der Waals surface area contributed by atoms with Gasteiger partial charge >= 0.3 is 0 Å². The topological polar surface area (TPSA) is 80.3 Å². The number of carbonyl (C=O) groups excluding carboxylic acids is 2. The second-order valence-corrected chi connectivity index (χ2v) is 8.67. The van der Waals surface area contributed by atoms with Crippen molar-refractivity contribution in [2.24, 2.45) is 0 Å². The van der Waals surface area contributed by atoms with E-state index in [4.69, 9.17) is 9.72 Å². The first kappa shape index (κ1) is 18.1. The number of ether oxygens (including phenoxy) is 1. The molecule has 6 nitrogen and oxygen atoms in total. The smallest absolute Gasteiger partial charge is 0.242 e.